The topological polar surface area (TPSA) is 292 Å². The Morgan fingerprint density at radius 3 is 1.48 bits per heavy atom. The number of nitrogens with one attached hydrogen (secondary N) is 2. The summed E-state index contributed by atoms with van der Waals surface area (Å²) in [4.78, 5) is 100. The van der Waals surface area contributed by atoms with E-state index in [2.05, 4.69) is 15.1 Å². The van der Waals surface area contributed by atoms with Crippen molar-refractivity contribution in [2.24, 2.45) is 17.8 Å². The van der Waals surface area contributed by atoms with Crippen LogP contribution in [0.3, 0.4) is 0 Å². The number of amides is 3. The SMILES string of the molecule is CC(C)(C)OC(=O)N1CCC(Cn2ccc3c(N)cccc3c2=O)CC1.CC(C)(C)OC(=O)N1CCC(Cn2ccc3c(N)cccc3c2=O)CC1.Cl.O=C(Cc1ccc(Cl)c(C(F)(F)F)c1)Nc1cccc2c(=O)n(CC3CCNCC3)ccc12.O=c1occc2c([N+](=O)[O-])cccc12. The molecule has 3 aliphatic rings. The van der Waals surface area contributed by atoms with E-state index < -0.39 is 44.4 Å². The molecule has 9 aromatic rings. The molecule has 0 unspecified atom stereocenters. The smallest absolute Gasteiger partial charge is 0.417 e. The Bertz CT molecular complexity index is 4530. The maximum atomic E-state index is 13.1. The maximum Gasteiger partial charge on any atom is 0.417 e. The molecule has 12 rings (SSSR count). The third kappa shape index (κ3) is 19.8. The molecule has 3 fully saturated rings. The van der Waals surface area contributed by atoms with E-state index in [0.717, 1.165) is 80.8 Å². The fraction of sp³-hybridized carbons (Fsp3) is 0.384. The summed E-state index contributed by atoms with van der Waals surface area (Å²) in [6.07, 6.45) is 6.63. The number of carbonyl (C=O) groups excluding carboxylic acids is 3. The fourth-order valence-corrected chi connectivity index (χ4v) is 12.5. The van der Waals surface area contributed by atoms with E-state index >= 15 is 0 Å². The number of nitrogens with zero attached hydrogens (tertiary/aromatic N) is 6. The Balaban J connectivity index is 0.000000175. The number of pyridine rings is 3. The van der Waals surface area contributed by atoms with Crippen LogP contribution in [0, 0.1) is 27.9 Å². The zero-order chi connectivity index (χ0) is 71.5. The van der Waals surface area contributed by atoms with Crippen LogP contribution in [0.1, 0.15) is 91.2 Å². The second-order valence-corrected chi connectivity index (χ2v) is 27.4. The molecule has 0 bridgehead atoms. The second-order valence-electron chi connectivity index (χ2n) is 27.0. The normalized spacial score (nSPS) is 14.7. The largest absolute Gasteiger partial charge is 0.444 e. The summed E-state index contributed by atoms with van der Waals surface area (Å²) in [5.74, 6) is 0.678. The molecule has 0 radical (unpaired) electrons. The predicted octanol–water partition coefficient (Wildman–Crippen LogP) is 13.4. The van der Waals surface area contributed by atoms with Crippen LogP contribution in [0.25, 0.3) is 43.1 Å². The van der Waals surface area contributed by atoms with Gasteiger partial charge in [0.15, 0.2) is 0 Å². The van der Waals surface area contributed by atoms with Crippen molar-refractivity contribution in [2.45, 2.75) is 124 Å². The number of halogens is 5. The highest BCUT2D eigenvalue weighted by Gasteiger charge is 2.34. The van der Waals surface area contributed by atoms with E-state index in [1.807, 2.05) is 90.3 Å². The van der Waals surface area contributed by atoms with Gasteiger partial charge in [-0.05, 0) is 195 Å². The number of hydrogen-bond donors (Lipinski definition) is 4. The van der Waals surface area contributed by atoms with E-state index in [1.165, 1.54) is 30.3 Å². The summed E-state index contributed by atoms with van der Waals surface area (Å²) in [5, 5.41) is 20.7. The number of piperidine rings is 3. The Labute approximate surface area is 585 Å². The lowest BCUT2D eigenvalue weighted by Gasteiger charge is -2.33. The van der Waals surface area contributed by atoms with Crippen molar-refractivity contribution < 1.29 is 46.4 Å². The number of ether oxygens (including phenoxy) is 2. The summed E-state index contributed by atoms with van der Waals surface area (Å²) >= 11 is 5.65. The lowest BCUT2D eigenvalue weighted by Crippen LogP contribution is -2.42. The third-order valence-corrected chi connectivity index (χ3v) is 17.7. The lowest BCUT2D eigenvalue weighted by molar-refractivity contribution is -0.383. The number of aromatic nitrogens is 3. The molecule has 6 N–H and O–H groups in total. The van der Waals surface area contributed by atoms with Crippen LogP contribution in [0.15, 0.2) is 164 Å². The highest BCUT2D eigenvalue weighted by Crippen LogP contribution is 2.36. The van der Waals surface area contributed by atoms with Gasteiger partial charge in [-0.3, -0.25) is 29.3 Å². The standard InChI is InChI=1S/C24H23ClF3N3O2.2C20H27N3O3.C9H5NO4.ClH/c25-20-5-4-16(12-19(20)24(26,27)28)13-22(32)30-21-3-1-2-18-17(21)8-11-31(23(18)33)14-15-6-9-29-10-7-15;2*1-20(2,3)26-19(25)22-10-7-14(8-11-22)13-23-12-9-15-16(18(23)24)5-4-6-17(15)21;11-9-7-2-1-3-8(10(12)13)6(7)4-5-14-9;/h1-5,8,11-12,15,29H,6-7,9-10,13-14H2,(H,30,32);2*4-6,9,12,14H,7-8,10-11,13,21H2,1-3H3;1-5H;1H. The zero-order valence-electron chi connectivity index (χ0n) is 56.5. The molecule has 27 heteroatoms. The molecule has 4 aromatic heterocycles. The Morgan fingerprint density at radius 1 is 0.590 bits per heavy atom. The highest BCUT2D eigenvalue weighted by atomic mass is 35.5. The van der Waals surface area contributed by atoms with Crippen LogP contribution in [0.4, 0.5) is 45.5 Å². The molecule has 100 heavy (non-hydrogen) atoms. The molecule has 532 valence electrons. The molecule has 3 saturated heterocycles. The first kappa shape index (κ1) is 76.0. The average Bonchev–Trinajstić information content (AvgIpc) is 0.803. The number of likely N-dealkylation sites (tertiary alicyclic amines) is 2. The Kier molecular flexibility index (Phi) is 25.1. The molecule has 0 spiro atoms. The minimum Gasteiger partial charge on any atom is -0.444 e. The monoisotopic (exact) mass is 1420 g/mol. The summed E-state index contributed by atoms with van der Waals surface area (Å²) in [5.41, 5.74) is 11.0. The number of hydrogen-bond acceptors (Lipinski definition) is 15. The van der Waals surface area contributed by atoms with Crippen molar-refractivity contribution in [2.75, 3.05) is 56.1 Å². The second kappa shape index (κ2) is 33.0. The number of fused-ring (bicyclic) bond motifs is 4. The van der Waals surface area contributed by atoms with Gasteiger partial charge in [-0.25, -0.2) is 14.4 Å². The minimum atomic E-state index is -4.60. The van der Waals surface area contributed by atoms with Crippen LogP contribution in [0.2, 0.25) is 5.02 Å². The van der Waals surface area contributed by atoms with Crippen molar-refractivity contribution in [3.05, 3.63) is 208 Å². The molecular formula is C73H83Cl2F3N10O12. The quantitative estimate of drug-likeness (QED) is 0.0562. The summed E-state index contributed by atoms with van der Waals surface area (Å²) in [7, 11) is 0. The number of nitro benzene ring substituents is 1. The number of carbonyl (C=O) groups is 3. The number of nitro groups is 1. The zero-order valence-corrected chi connectivity index (χ0v) is 58.1. The van der Waals surface area contributed by atoms with Crippen molar-refractivity contribution in [1.82, 2.24) is 28.8 Å². The summed E-state index contributed by atoms with van der Waals surface area (Å²) < 4.78 is 59.9. The van der Waals surface area contributed by atoms with Gasteiger partial charge in [-0.1, -0.05) is 41.9 Å². The highest BCUT2D eigenvalue weighted by molar-refractivity contribution is 6.31. The number of anilines is 3. The molecule has 5 aromatic carbocycles. The molecule has 0 aliphatic carbocycles. The molecule has 7 heterocycles. The summed E-state index contributed by atoms with van der Waals surface area (Å²) in [6.45, 7) is 17.7. The van der Waals surface area contributed by atoms with Crippen LogP contribution in [-0.4, -0.2) is 97.0 Å². The fourth-order valence-electron chi connectivity index (χ4n) is 12.3. The van der Waals surface area contributed by atoms with E-state index in [-0.39, 0.29) is 64.3 Å². The van der Waals surface area contributed by atoms with E-state index in [0.29, 0.717) is 108 Å². The van der Waals surface area contributed by atoms with Crippen LogP contribution in [-0.2, 0) is 46.5 Å². The molecule has 22 nitrogen and oxygen atoms in total. The van der Waals surface area contributed by atoms with Crippen molar-refractivity contribution in [3.8, 4) is 0 Å². The van der Waals surface area contributed by atoms with Gasteiger partial charge in [0.2, 0.25) is 5.91 Å². The van der Waals surface area contributed by atoms with Crippen molar-refractivity contribution in [3.63, 3.8) is 0 Å². The molecule has 3 aliphatic heterocycles. The van der Waals surface area contributed by atoms with E-state index in [9.17, 15) is 56.8 Å². The lowest BCUT2D eigenvalue weighted by atomic mass is 9.97. The number of benzene rings is 5. The van der Waals surface area contributed by atoms with Crippen molar-refractivity contribution >= 4 is 108 Å². The Hall–Kier alpha value is -9.72. The van der Waals surface area contributed by atoms with Gasteiger partial charge < -0.3 is 59.5 Å². The number of alkyl halides is 3. The predicted molar refractivity (Wildman–Crippen MR) is 385 cm³/mol. The van der Waals surface area contributed by atoms with E-state index in [1.54, 1.807) is 66.1 Å². The van der Waals surface area contributed by atoms with Gasteiger partial charge in [0.1, 0.15) is 11.2 Å². The summed E-state index contributed by atoms with van der Waals surface area (Å²) in [6, 6.07) is 30.6. The van der Waals surface area contributed by atoms with Gasteiger partial charge in [-0.15, -0.1) is 12.4 Å². The van der Waals surface area contributed by atoms with Crippen LogP contribution in [0.5, 0.6) is 0 Å². The first-order valence-electron chi connectivity index (χ1n) is 32.8. The Morgan fingerprint density at radius 2 is 1.02 bits per heavy atom. The van der Waals surface area contributed by atoms with Crippen LogP contribution >= 0.6 is 24.0 Å². The first-order chi connectivity index (χ1) is 46.9. The van der Waals surface area contributed by atoms with E-state index in [4.69, 9.17) is 32.5 Å². The van der Waals surface area contributed by atoms with Gasteiger partial charge in [0.05, 0.1) is 39.0 Å². The van der Waals surface area contributed by atoms with Gasteiger partial charge in [0, 0.05) is 120 Å². The molecule has 0 atom stereocenters. The minimum absolute atomic E-state index is 0. The van der Waals surface area contributed by atoms with Gasteiger partial charge >= 0.3 is 24.0 Å². The maximum absolute atomic E-state index is 13.1. The number of non-ortho nitro benzene ring substituents is 1. The third-order valence-electron chi connectivity index (χ3n) is 17.4. The molecule has 3 amide bonds. The van der Waals surface area contributed by atoms with Crippen molar-refractivity contribution in [1.29, 1.82) is 0 Å². The van der Waals surface area contributed by atoms with Crippen LogP contribution < -0.4 is 44.4 Å². The first-order valence-corrected chi connectivity index (χ1v) is 33.1. The molecule has 0 saturated carbocycles. The number of nitrogen functional groups attached to an aromatic ring is 2. The van der Waals surface area contributed by atoms with Gasteiger partial charge in [0.25, 0.3) is 22.4 Å². The average molecular weight is 1420 g/mol. The number of rotatable bonds is 10. The molecular weight excluding hydrogens is 1340 g/mol. The number of nitrogens with two attached hydrogens (primary N) is 2. The van der Waals surface area contributed by atoms with Gasteiger partial charge in [-0.2, -0.15) is 13.2 Å².